The summed E-state index contributed by atoms with van der Waals surface area (Å²) in [5.74, 6) is -0.138. The van der Waals surface area contributed by atoms with E-state index in [4.69, 9.17) is 0 Å². The summed E-state index contributed by atoms with van der Waals surface area (Å²) in [5.41, 5.74) is 4.43. The molecule has 0 radical (unpaired) electrons. The molecule has 1 fully saturated rings. The number of nitrogens with zero attached hydrogens (tertiary/aromatic N) is 4. The molecule has 1 atom stereocenters. The van der Waals surface area contributed by atoms with Gasteiger partial charge in [-0.1, -0.05) is 54.6 Å². The highest BCUT2D eigenvalue weighted by Crippen LogP contribution is 2.21. The predicted molar refractivity (Wildman–Crippen MR) is 123 cm³/mol. The minimum atomic E-state index is -0.471. The summed E-state index contributed by atoms with van der Waals surface area (Å²) in [4.78, 5) is 29.2. The highest BCUT2D eigenvalue weighted by molar-refractivity contribution is 5.88. The van der Waals surface area contributed by atoms with Gasteiger partial charge >= 0.3 is 0 Å². The summed E-state index contributed by atoms with van der Waals surface area (Å²) in [6.07, 6.45) is 3.80. The van der Waals surface area contributed by atoms with Crippen molar-refractivity contribution < 1.29 is 9.59 Å². The molecule has 0 spiro atoms. The maximum atomic E-state index is 12.9. The van der Waals surface area contributed by atoms with Crippen LogP contribution >= 0.6 is 0 Å². The molecular formula is C25H29N5O2. The first-order chi connectivity index (χ1) is 15.5. The lowest BCUT2D eigenvalue weighted by Gasteiger charge is -2.35. The van der Waals surface area contributed by atoms with Crippen molar-refractivity contribution in [2.75, 3.05) is 20.1 Å². The molecule has 0 saturated carbocycles. The van der Waals surface area contributed by atoms with Crippen molar-refractivity contribution in [2.45, 2.75) is 25.6 Å². The molecule has 0 bridgehead atoms. The van der Waals surface area contributed by atoms with E-state index in [2.05, 4.69) is 51.7 Å². The Morgan fingerprint density at radius 1 is 1.09 bits per heavy atom. The van der Waals surface area contributed by atoms with Gasteiger partial charge in [0.1, 0.15) is 0 Å². The fourth-order valence-electron chi connectivity index (χ4n) is 4.08. The van der Waals surface area contributed by atoms with Crippen molar-refractivity contribution in [3.8, 4) is 11.1 Å². The van der Waals surface area contributed by atoms with Crippen molar-refractivity contribution in [1.29, 1.82) is 0 Å². The summed E-state index contributed by atoms with van der Waals surface area (Å²) in [6.45, 7) is 2.42. The smallest absolute Gasteiger partial charge is 0.237 e. The second-order valence-electron chi connectivity index (χ2n) is 8.32. The molecule has 2 heterocycles. The zero-order chi connectivity index (χ0) is 22.5. The van der Waals surface area contributed by atoms with Gasteiger partial charge in [-0.25, -0.2) is 0 Å². The number of rotatable bonds is 7. The highest BCUT2D eigenvalue weighted by Gasteiger charge is 2.32. The number of piperazine rings is 1. The summed E-state index contributed by atoms with van der Waals surface area (Å²) >= 11 is 0. The lowest BCUT2D eigenvalue weighted by Crippen LogP contribution is -2.56. The zero-order valence-electron chi connectivity index (χ0n) is 18.6. The van der Waals surface area contributed by atoms with Crippen LogP contribution in [0.5, 0.6) is 0 Å². The molecule has 2 aromatic carbocycles. The van der Waals surface area contributed by atoms with Crippen LogP contribution in [0, 0.1) is 0 Å². The van der Waals surface area contributed by atoms with E-state index >= 15 is 0 Å². The average Bonchev–Trinajstić information content (AvgIpc) is 3.21. The Bertz CT molecular complexity index is 1060. The summed E-state index contributed by atoms with van der Waals surface area (Å²) in [6, 6.07) is 18.2. The highest BCUT2D eigenvalue weighted by atomic mass is 16.2. The van der Waals surface area contributed by atoms with Gasteiger partial charge in [-0.3, -0.25) is 19.2 Å². The monoisotopic (exact) mass is 431 g/mol. The molecule has 3 aromatic rings. The number of hydrogen-bond donors (Lipinski definition) is 1. The van der Waals surface area contributed by atoms with Crippen molar-refractivity contribution >= 4 is 11.8 Å². The molecule has 166 valence electrons. The molecule has 1 aliphatic heterocycles. The van der Waals surface area contributed by atoms with Crippen molar-refractivity contribution in [3.63, 3.8) is 0 Å². The molecule has 2 amide bonds. The normalized spacial score (nSPS) is 16.6. The van der Waals surface area contributed by atoms with E-state index in [0.717, 1.165) is 23.2 Å². The van der Waals surface area contributed by atoms with Gasteiger partial charge in [0.25, 0.3) is 0 Å². The average molecular weight is 432 g/mol. The number of carbonyl (C=O) groups excluding carboxylic acids is 2. The second kappa shape index (κ2) is 9.78. The van der Waals surface area contributed by atoms with E-state index in [1.165, 1.54) is 5.56 Å². The lowest BCUT2D eigenvalue weighted by molar-refractivity contribution is -0.138. The molecule has 32 heavy (non-hydrogen) atoms. The minimum Gasteiger partial charge on any atom is -0.353 e. The van der Waals surface area contributed by atoms with Crippen LogP contribution in [0.25, 0.3) is 11.1 Å². The van der Waals surface area contributed by atoms with Crippen molar-refractivity contribution in [3.05, 3.63) is 78.1 Å². The molecule has 4 rings (SSSR count). The SMILES string of the molecule is CN(Cc1cnn(C)c1)C(=O)CC1C(=O)NCCN1Cc1ccc(-c2ccccc2)cc1. The Kier molecular flexibility index (Phi) is 6.66. The predicted octanol–water partition coefficient (Wildman–Crippen LogP) is 2.44. The van der Waals surface area contributed by atoms with Crippen LogP contribution in [0.15, 0.2) is 67.0 Å². The third-order valence-electron chi connectivity index (χ3n) is 5.86. The van der Waals surface area contributed by atoms with Gasteiger partial charge in [-0.05, 0) is 16.7 Å². The van der Waals surface area contributed by atoms with Gasteiger partial charge in [-0.2, -0.15) is 5.10 Å². The van der Waals surface area contributed by atoms with E-state index in [-0.39, 0.29) is 18.2 Å². The van der Waals surface area contributed by atoms with Gasteiger partial charge in [0.15, 0.2) is 0 Å². The van der Waals surface area contributed by atoms with E-state index < -0.39 is 6.04 Å². The molecule has 1 unspecified atom stereocenters. The van der Waals surface area contributed by atoms with E-state index in [1.54, 1.807) is 22.8 Å². The van der Waals surface area contributed by atoms with Gasteiger partial charge in [0, 0.05) is 52.0 Å². The van der Waals surface area contributed by atoms with E-state index in [0.29, 0.717) is 19.6 Å². The molecule has 1 aromatic heterocycles. The Balaban J connectivity index is 1.41. The third-order valence-corrected chi connectivity index (χ3v) is 5.86. The largest absolute Gasteiger partial charge is 0.353 e. The number of carbonyl (C=O) groups is 2. The van der Waals surface area contributed by atoms with Crippen LogP contribution in [0.4, 0.5) is 0 Å². The van der Waals surface area contributed by atoms with Crippen molar-refractivity contribution in [1.82, 2.24) is 24.9 Å². The first-order valence-electron chi connectivity index (χ1n) is 10.9. The molecule has 1 N–H and O–H groups in total. The summed E-state index contributed by atoms with van der Waals surface area (Å²) < 4.78 is 1.72. The third kappa shape index (κ3) is 5.23. The summed E-state index contributed by atoms with van der Waals surface area (Å²) in [5, 5.41) is 7.06. The summed E-state index contributed by atoms with van der Waals surface area (Å²) in [7, 11) is 3.62. The van der Waals surface area contributed by atoms with Gasteiger partial charge in [0.2, 0.25) is 11.8 Å². The van der Waals surface area contributed by atoms with Crippen LogP contribution in [-0.4, -0.2) is 57.6 Å². The van der Waals surface area contributed by atoms with Crippen LogP contribution in [0.2, 0.25) is 0 Å². The van der Waals surface area contributed by atoms with Gasteiger partial charge in [-0.15, -0.1) is 0 Å². The number of aromatic nitrogens is 2. The molecule has 7 heteroatoms. The topological polar surface area (TPSA) is 70.5 Å². The van der Waals surface area contributed by atoms with Crippen LogP contribution < -0.4 is 5.32 Å². The van der Waals surface area contributed by atoms with Gasteiger partial charge in [0.05, 0.1) is 18.7 Å². The number of benzene rings is 2. The Morgan fingerprint density at radius 2 is 1.81 bits per heavy atom. The van der Waals surface area contributed by atoms with Gasteiger partial charge < -0.3 is 10.2 Å². The fraction of sp³-hybridized carbons (Fsp3) is 0.320. The molecule has 7 nitrogen and oxygen atoms in total. The van der Waals surface area contributed by atoms with E-state index in [1.807, 2.05) is 31.4 Å². The second-order valence-corrected chi connectivity index (χ2v) is 8.32. The molecule has 0 aliphatic carbocycles. The Morgan fingerprint density at radius 3 is 2.50 bits per heavy atom. The zero-order valence-corrected chi connectivity index (χ0v) is 18.6. The lowest BCUT2D eigenvalue weighted by atomic mass is 10.0. The maximum absolute atomic E-state index is 12.9. The molecule has 1 aliphatic rings. The number of hydrogen-bond acceptors (Lipinski definition) is 4. The maximum Gasteiger partial charge on any atom is 0.237 e. The first-order valence-corrected chi connectivity index (χ1v) is 10.9. The molecular weight excluding hydrogens is 402 g/mol. The fourth-order valence-corrected chi connectivity index (χ4v) is 4.08. The minimum absolute atomic E-state index is 0.0553. The number of nitrogens with one attached hydrogen (secondary N) is 1. The van der Waals surface area contributed by atoms with Crippen LogP contribution in [0.3, 0.4) is 0 Å². The number of aryl methyl sites for hydroxylation is 1. The Hall–Kier alpha value is -3.45. The van der Waals surface area contributed by atoms with Crippen LogP contribution in [-0.2, 0) is 29.7 Å². The quantitative estimate of drug-likeness (QED) is 0.624. The Labute approximate surface area is 188 Å². The number of amides is 2. The van der Waals surface area contributed by atoms with E-state index in [9.17, 15) is 9.59 Å². The first kappa shape index (κ1) is 21.8. The standard InChI is InChI=1S/C25H29N5O2/c1-28(16-20-15-27-29(2)17-20)24(31)14-23-25(32)26-12-13-30(23)18-19-8-10-22(11-9-19)21-6-4-3-5-7-21/h3-11,15,17,23H,12-14,16,18H2,1-2H3,(H,26,32). The van der Waals surface area contributed by atoms with Crippen molar-refractivity contribution in [2.24, 2.45) is 7.05 Å². The van der Waals surface area contributed by atoms with Crippen LogP contribution in [0.1, 0.15) is 17.5 Å². The molecule has 1 saturated heterocycles.